The summed E-state index contributed by atoms with van der Waals surface area (Å²) in [4.78, 5) is 12.2. The highest BCUT2D eigenvalue weighted by Gasteiger charge is 2.14. The standard InChI is InChI=1S/C22H19FN4O2/c1-12-3-7-16(11-18(12)23)26-22(28)25-15-8-5-14(6-9-15)17-10-4-13(2)20-19(17)21(24)29-27-20/h3-11H,24H2,1-2H3,(H2,25,26,28). The molecule has 0 aliphatic carbocycles. The average Bonchev–Trinajstić information content (AvgIpc) is 3.09. The van der Waals surface area contributed by atoms with E-state index < -0.39 is 6.03 Å². The fourth-order valence-corrected chi connectivity index (χ4v) is 3.14. The number of nitrogen functional groups attached to an aromatic ring is 1. The Morgan fingerprint density at radius 3 is 2.34 bits per heavy atom. The number of anilines is 3. The lowest BCUT2D eigenvalue weighted by Crippen LogP contribution is -2.19. The highest BCUT2D eigenvalue weighted by atomic mass is 19.1. The number of rotatable bonds is 3. The van der Waals surface area contributed by atoms with Gasteiger partial charge < -0.3 is 20.9 Å². The third kappa shape index (κ3) is 3.62. The number of hydrogen-bond acceptors (Lipinski definition) is 4. The van der Waals surface area contributed by atoms with Gasteiger partial charge in [0, 0.05) is 11.4 Å². The summed E-state index contributed by atoms with van der Waals surface area (Å²) in [5.74, 6) is -0.102. The molecule has 1 heterocycles. The summed E-state index contributed by atoms with van der Waals surface area (Å²) < 4.78 is 18.8. The fraction of sp³-hybridized carbons (Fsp3) is 0.0909. The molecule has 0 aliphatic heterocycles. The van der Waals surface area contributed by atoms with Crippen molar-refractivity contribution < 1.29 is 13.7 Å². The molecule has 0 aliphatic rings. The molecule has 2 amide bonds. The van der Waals surface area contributed by atoms with Crippen LogP contribution in [0.3, 0.4) is 0 Å². The summed E-state index contributed by atoms with van der Waals surface area (Å²) in [7, 11) is 0. The van der Waals surface area contributed by atoms with Crippen LogP contribution in [0.15, 0.2) is 59.1 Å². The van der Waals surface area contributed by atoms with Gasteiger partial charge in [-0.05, 0) is 60.4 Å². The minimum Gasteiger partial charge on any atom is -0.367 e. The molecule has 7 heteroatoms. The van der Waals surface area contributed by atoms with Gasteiger partial charge in [0.1, 0.15) is 11.3 Å². The topological polar surface area (TPSA) is 93.2 Å². The predicted octanol–water partition coefficient (Wildman–Crippen LogP) is 5.48. The smallest absolute Gasteiger partial charge is 0.323 e. The van der Waals surface area contributed by atoms with Crippen LogP contribution in [-0.2, 0) is 0 Å². The maximum absolute atomic E-state index is 13.6. The van der Waals surface area contributed by atoms with Crippen LogP contribution in [0.25, 0.3) is 22.0 Å². The van der Waals surface area contributed by atoms with Gasteiger partial charge in [-0.2, -0.15) is 0 Å². The Morgan fingerprint density at radius 2 is 1.62 bits per heavy atom. The van der Waals surface area contributed by atoms with E-state index in [9.17, 15) is 9.18 Å². The minimum absolute atomic E-state index is 0.269. The number of aryl methyl sites for hydroxylation is 2. The lowest BCUT2D eigenvalue weighted by molar-refractivity contribution is 0.262. The second-order valence-corrected chi connectivity index (χ2v) is 6.82. The molecule has 29 heavy (non-hydrogen) atoms. The number of hydrogen-bond donors (Lipinski definition) is 3. The molecule has 0 saturated carbocycles. The van der Waals surface area contributed by atoms with Crippen molar-refractivity contribution in [3.8, 4) is 11.1 Å². The highest BCUT2D eigenvalue weighted by molar-refractivity contribution is 6.03. The molecule has 3 aromatic carbocycles. The molecule has 0 saturated heterocycles. The summed E-state index contributed by atoms with van der Waals surface area (Å²) in [6.45, 7) is 3.61. The number of urea groups is 1. The molecule has 4 aromatic rings. The van der Waals surface area contributed by atoms with E-state index in [0.29, 0.717) is 16.9 Å². The van der Waals surface area contributed by atoms with E-state index in [1.54, 1.807) is 31.2 Å². The Bertz CT molecular complexity index is 1220. The van der Waals surface area contributed by atoms with Crippen molar-refractivity contribution in [2.24, 2.45) is 0 Å². The third-order valence-electron chi connectivity index (χ3n) is 4.74. The highest BCUT2D eigenvalue weighted by Crippen LogP contribution is 2.34. The predicted molar refractivity (Wildman–Crippen MR) is 112 cm³/mol. The van der Waals surface area contributed by atoms with Crippen molar-refractivity contribution in [3.05, 3.63) is 71.5 Å². The number of amides is 2. The van der Waals surface area contributed by atoms with Crippen molar-refractivity contribution in [1.82, 2.24) is 5.16 Å². The minimum atomic E-state index is -0.456. The van der Waals surface area contributed by atoms with Gasteiger partial charge in [-0.15, -0.1) is 0 Å². The molecule has 6 nitrogen and oxygen atoms in total. The molecule has 0 fully saturated rings. The molecule has 4 rings (SSSR count). The first-order valence-corrected chi connectivity index (χ1v) is 9.01. The molecule has 0 bridgehead atoms. The molecular formula is C22H19FN4O2. The number of fused-ring (bicyclic) bond motifs is 1. The second-order valence-electron chi connectivity index (χ2n) is 6.82. The van der Waals surface area contributed by atoms with Crippen LogP contribution in [0.5, 0.6) is 0 Å². The van der Waals surface area contributed by atoms with E-state index in [1.165, 1.54) is 6.07 Å². The van der Waals surface area contributed by atoms with Crippen LogP contribution < -0.4 is 16.4 Å². The molecular weight excluding hydrogens is 371 g/mol. The Balaban J connectivity index is 1.52. The fourth-order valence-electron chi connectivity index (χ4n) is 3.14. The average molecular weight is 390 g/mol. The summed E-state index contributed by atoms with van der Waals surface area (Å²) in [5, 5.41) is 10.1. The van der Waals surface area contributed by atoms with Gasteiger partial charge >= 0.3 is 6.03 Å². The van der Waals surface area contributed by atoms with Crippen LogP contribution in [0, 0.1) is 19.7 Å². The van der Waals surface area contributed by atoms with Gasteiger partial charge in [-0.1, -0.05) is 35.5 Å². The number of nitrogens with two attached hydrogens (primary N) is 1. The van der Waals surface area contributed by atoms with Gasteiger partial charge in [-0.3, -0.25) is 0 Å². The van der Waals surface area contributed by atoms with Crippen LogP contribution >= 0.6 is 0 Å². The molecule has 146 valence electrons. The molecule has 0 radical (unpaired) electrons. The third-order valence-corrected chi connectivity index (χ3v) is 4.74. The monoisotopic (exact) mass is 390 g/mol. The van der Waals surface area contributed by atoms with Crippen molar-refractivity contribution in [1.29, 1.82) is 0 Å². The van der Waals surface area contributed by atoms with Crippen LogP contribution in [0.1, 0.15) is 11.1 Å². The lowest BCUT2D eigenvalue weighted by Gasteiger charge is -2.10. The van der Waals surface area contributed by atoms with Crippen molar-refractivity contribution >= 4 is 34.2 Å². The maximum atomic E-state index is 13.6. The van der Waals surface area contributed by atoms with E-state index in [-0.39, 0.29) is 11.7 Å². The van der Waals surface area contributed by atoms with E-state index >= 15 is 0 Å². The summed E-state index contributed by atoms with van der Waals surface area (Å²) in [5.41, 5.74) is 11.0. The van der Waals surface area contributed by atoms with Gasteiger partial charge in [0.05, 0.1) is 5.39 Å². The Hall–Kier alpha value is -3.87. The van der Waals surface area contributed by atoms with Crippen molar-refractivity contribution in [2.75, 3.05) is 16.4 Å². The van der Waals surface area contributed by atoms with Gasteiger partial charge in [0.15, 0.2) is 0 Å². The summed E-state index contributed by atoms with van der Waals surface area (Å²) >= 11 is 0. The van der Waals surface area contributed by atoms with Crippen LogP contribution in [-0.4, -0.2) is 11.2 Å². The van der Waals surface area contributed by atoms with Crippen LogP contribution in [0.2, 0.25) is 0 Å². The van der Waals surface area contributed by atoms with E-state index in [2.05, 4.69) is 15.8 Å². The Kier molecular flexibility index (Phi) is 4.64. The SMILES string of the molecule is Cc1ccc(NC(=O)Nc2ccc(-c3ccc(C)c4noc(N)c34)cc2)cc1F. The molecule has 4 N–H and O–H groups in total. The van der Waals surface area contributed by atoms with Crippen LogP contribution in [0.4, 0.5) is 26.4 Å². The van der Waals surface area contributed by atoms with Crippen molar-refractivity contribution in [2.45, 2.75) is 13.8 Å². The molecule has 1 aromatic heterocycles. The largest absolute Gasteiger partial charge is 0.367 e. The molecule has 0 spiro atoms. The number of benzene rings is 3. The van der Waals surface area contributed by atoms with E-state index in [1.807, 2.05) is 31.2 Å². The first-order chi connectivity index (χ1) is 13.9. The normalized spacial score (nSPS) is 10.9. The second kappa shape index (κ2) is 7.27. The zero-order valence-corrected chi connectivity index (χ0v) is 15.9. The zero-order chi connectivity index (χ0) is 20.5. The Labute approximate surface area is 166 Å². The first kappa shape index (κ1) is 18.5. The number of nitrogens with zero attached hydrogens (tertiary/aromatic N) is 1. The van der Waals surface area contributed by atoms with Gasteiger partial charge in [-0.25, -0.2) is 9.18 Å². The number of carbonyl (C=O) groups excluding carboxylic acids is 1. The number of carbonyl (C=O) groups is 1. The quantitative estimate of drug-likeness (QED) is 0.432. The van der Waals surface area contributed by atoms with E-state index in [4.69, 9.17) is 10.3 Å². The van der Waals surface area contributed by atoms with Gasteiger partial charge in [0.25, 0.3) is 0 Å². The first-order valence-electron chi connectivity index (χ1n) is 9.01. The maximum Gasteiger partial charge on any atom is 0.323 e. The van der Waals surface area contributed by atoms with E-state index in [0.717, 1.165) is 27.6 Å². The zero-order valence-electron chi connectivity index (χ0n) is 15.9. The van der Waals surface area contributed by atoms with Crippen molar-refractivity contribution in [3.63, 3.8) is 0 Å². The number of aromatic nitrogens is 1. The number of nitrogens with one attached hydrogen (secondary N) is 2. The summed E-state index contributed by atoms with van der Waals surface area (Å²) in [6.07, 6.45) is 0. The van der Waals surface area contributed by atoms with Gasteiger partial charge in [0.2, 0.25) is 5.88 Å². The lowest BCUT2D eigenvalue weighted by atomic mass is 9.99. The number of halogens is 1. The summed E-state index contributed by atoms with van der Waals surface area (Å²) in [6, 6.07) is 15.3. The molecule has 0 unspecified atom stereocenters. The Morgan fingerprint density at radius 1 is 0.966 bits per heavy atom. The molecule has 0 atom stereocenters.